The van der Waals surface area contributed by atoms with E-state index in [-0.39, 0.29) is 30.5 Å². The Bertz CT molecular complexity index is 1210. The molecule has 0 spiro atoms. The summed E-state index contributed by atoms with van der Waals surface area (Å²) in [6.45, 7) is 9.82. The number of rotatable bonds is 17. The van der Waals surface area contributed by atoms with E-state index in [1.54, 1.807) is 6.92 Å². The van der Waals surface area contributed by atoms with E-state index in [4.69, 9.17) is 4.74 Å². The summed E-state index contributed by atoms with van der Waals surface area (Å²) in [5.41, 5.74) is 0.920. The first-order chi connectivity index (χ1) is 20.4. The molecule has 2 aromatic carbocycles. The number of aliphatic hydroxyl groups is 1. The molecular weight excluding hydrogens is 546 g/mol. The molecule has 0 saturated carbocycles. The van der Waals surface area contributed by atoms with E-state index < -0.39 is 47.6 Å². The Morgan fingerprint density at radius 1 is 0.744 bits per heavy atom. The highest BCUT2D eigenvalue weighted by Crippen LogP contribution is 2.29. The summed E-state index contributed by atoms with van der Waals surface area (Å²) in [4.78, 5) is 53.4. The number of benzene rings is 2. The lowest BCUT2D eigenvalue weighted by Gasteiger charge is -2.27. The molecule has 1 aliphatic heterocycles. The van der Waals surface area contributed by atoms with Gasteiger partial charge in [0, 0.05) is 6.42 Å². The molecule has 234 valence electrons. The van der Waals surface area contributed by atoms with Crippen molar-refractivity contribution in [1.82, 2.24) is 16.0 Å². The molecule has 0 aliphatic carbocycles. The van der Waals surface area contributed by atoms with Gasteiger partial charge in [-0.25, -0.2) is 0 Å². The van der Waals surface area contributed by atoms with Gasteiger partial charge in [0.2, 0.25) is 17.7 Å². The smallest absolute Gasteiger partial charge is 0.249 e. The van der Waals surface area contributed by atoms with Crippen molar-refractivity contribution in [2.24, 2.45) is 11.8 Å². The van der Waals surface area contributed by atoms with Gasteiger partial charge < -0.3 is 25.8 Å². The predicted octanol–water partition coefficient (Wildman–Crippen LogP) is 3.13. The average Bonchev–Trinajstić information content (AvgIpc) is 3.73. The number of ether oxygens (including phenoxy) is 1. The molecule has 5 atom stereocenters. The Balaban J connectivity index is 1.74. The third kappa shape index (κ3) is 10.9. The number of aliphatic hydroxyl groups excluding tert-OH is 1. The molecule has 0 bridgehead atoms. The van der Waals surface area contributed by atoms with E-state index in [0.717, 1.165) is 11.1 Å². The second-order valence-corrected chi connectivity index (χ2v) is 12.6. The zero-order valence-corrected chi connectivity index (χ0v) is 26.0. The lowest BCUT2D eigenvalue weighted by atomic mass is 9.93. The SMILES string of the molecule is CC(C)CC(NC(=O)[C@@H](O)CCc1ccccc1)C(=O)N[C@@H](Cc1ccccc1)C(=O)N[C@@H](CC(C)C)C(=O)[C@@]1(C)CO1. The number of amides is 3. The van der Waals surface area contributed by atoms with Crippen LogP contribution >= 0.6 is 0 Å². The van der Waals surface area contributed by atoms with Gasteiger partial charge in [0.05, 0.1) is 12.6 Å². The molecule has 3 amide bonds. The third-order valence-corrected chi connectivity index (χ3v) is 7.55. The minimum Gasteiger partial charge on any atom is -0.383 e. The molecule has 1 heterocycles. The van der Waals surface area contributed by atoms with Gasteiger partial charge in [-0.2, -0.15) is 0 Å². The van der Waals surface area contributed by atoms with Crippen molar-refractivity contribution in [1.29, 1.82) is 0 Å². The van der Waals surface area contributed by atoms with Crippen LogP contribution in [0.5, 0.6) is 0 Å². The molecule has 0 radical (unpaired) electrons. The maximum absolute atomic E-state index is 13.7. The maximum atomic E-state index is 13.7. The van der Waals surface area contributed by atoms with Crippen molar-refractivity contribution in [3.05, 3.63) is 71.8 Å². The fourth-order valence-electron chi connectivity index (χ4n) is 4.98. The second kappa shape index (κ2) is 15.8. The van der Waals surface area contributed by atoms with Crippen LogP contribution in [0.3, 0.4) is 0 Å². The predicted molar refractivity (Wildman–Crippen MR) is 165 cm³/mol. The van der Waals surface area contributed by atoms with Gasteiger partial charge in [0.25, 0.3) is 0 Å². The summed E-state index contributed by atoms with van der Waals surface area (Å²) >= 11 is 0. The van der Waals surface area contributed by atoms with Crippen molar-refractivity contribution in [2.75, 3.05) is 6.61 Å². The first kappa shape index (κ1) is 33.9. The van der Waals surface area contributed by atoms with Crippen molar-refractivity contribution in [3.63, 3.8) is 0 Å². The van der Waals surface area contributed by atoms with E-state index >= 15 is 0 Å². The number of hydrogen-bond donors (Lipinski definition) is 4. The highest BCUT2D eigenvalue weighted by Gasteiger charge is 2.50. The largest absolute Gasteiger partial charge is 0.383 e. The number of carbonyl (C=O) groups is 4. The number of nitrogens with one attached hydrogen (secondary N) is 3. The van der Waals surface area contributed by atoms with Crippen molar-refractivity contribution in [2.45, 2.75) is 96.6 Å². The Hall–Kier alpha value is -3.56. The maximum Gasteiger partial charge on any atom is 0.249 e. The molecule has 1 fully saturated rings. The van der Waals surface area contributed by atoms with Gasteiger partial charge in [-0.15, -0.1) is 0 Å². The highest BCUT2D eigenvalue weighted by atomic mass is 16.6. The number of aryl methyl sites for hydroxylation is 1. The van der Waals surface area contributed by atoms with Crippen LogP contribution in [0.25, 0.3) is 0 Å². The highest BCUT2D eigenvalue weighted by molar-refractivity contribution is 5.98. The molecular formula is C34H47N3O6. The van der Waals surface area contributed by atoms with Crippen LogP contribution in [0.15, 0.2) is 60.7 Å². The van der Waals surface area contributed by atoms with Crippen LogP contribution in [0.4, 0.5) is 0 Å². The van der Waals surface area contributed by atoms with Gasteiger partial charge in [-0.05, 0) is 55.6 Å². The first-order valence-corrected chi connectivity index (χ1v) is 15.2. The van der Waals surface area contributed by atoms with Crippen LogP contribution < -0.4 is 16.0 Å². The Kier molecular flexibility index (Phi) is 12.5. The second-order valence-electron chi connectivity index (χ2n) is 12.6. The molecule has 3 rings (SSSR count). The Labute approximate surface area is 255 Å². The normalized spacial score (nSPS) is 18.8. The fourth-order valence-corrected chi connectivity index (χ4v) is 4.98. The van der Waals surface area contributed by atoms with Crippen LogP contribution in [0.1, 0.15) is 65.0 Å². The van der Waals surface area contributed by atoms with Crippen LogP contribution in [0.2, 0.25) is 0 Å². The summed E-state index contributed by atoms with van der Waals surface area (Å²) in [7, 11) is 0. The molecule has 4 N–H and O–H groups in total. The lowest BCUT2D eigenvalue weighted by molar-refractivity contribution is -0.136. The van der Waals surface area contributed by atoms with Crippen LogP contribution in [-0.4, -0.2) is 65.0 Å². The number of ketones is 1. The molecule has 2 aromatic rings. The number of carbonyl (C=O) groups excluding carboxylic acids is 4. The lowest BCUT2D eigenvalue weighted by Crippen LogP contribution is -2.58. The van der Waals surface area contributed by atoms with Crippen molar-refractivity contribution in [3.8, 4) is 0 Å². The Morgan fingerprint density at radius 3 is 1.74 bits per heavy atom. The monoisotopic (exact) mass is 593 g/mol. The number of Topliss-reactive ketones (excluding diaryl/α,β-unsaturated/α-hetero) is 1. The zero-order chi connectivity index (χ0) is 31.6. The van der Waals surface area contributed by atoms with E-state index in [0.29, 0.717) is 25.9 Å². The topological polar surface area (TPSA) is 137 Å². The van der Waals surface area contributed by atoms with Crippen LogP contribution in [-0.2, 0) is 36.8 Å². The summed E-state index contributed by atoms with van der Waals surface area (Å²) in [5.74, 6) is -1.66. The molecule has 43 heavy (non-hydrogen) atoms. The van der Waals surface area contributed by atoms with Gasteiger partial charge in [0.1, 0.15) is 23.8 Å². The van der Waals surface area contributed by atoms with Crippen molar-refractivity contribution >= 4 is 23.5 Å². The van der Waals surface area contributed by atoms with Gasteiger partial charge >= 0.3 is 0 Å². The molecule has 1 unspecified atom stereocenters. The van der Waals surface area contributed by atoms with Gasteiger partial charge in [0.15, 0.2) is 5.78 Å². The van der Waals surface area contributed by atoms with Crippen molar-refractivity contribution < 1.29 is 29.0 Å². The third-order valence-electron chi connectivity index (χ3n) is 7.55. The summed E-state index contributed by atoms with van der Waals surface area (Å²) in [5, 5.41) is 19.0. The van der Waals surface area contributed by atoms with Gasteiger partial charge in [-0.1, -0.05) is 88.4 Å². The number of hydrogen-bond acceptors (Lipinski definition) is 6. The molecule has 1 saturated heterocycles. The zero-order valence-electron chi connectivity index (χ0n) is 26.0. The minimum absolute atomic E-state index is 0.0474. The standard InChI is InChI=1S/C34H47N3O6/c1-22(2)18-26(30(39)34(5)21-43-34)35-32(41)28(20-25-14-10-7-11-15-25)36-31(40)27(19-23(3)4)37-33(42)29(38)17-16-24-12-8-6-9-13-24/h6-15,22-23,26-29,38H,16-21H2,1-5H3,(H,35,41)(H,36,40)(H,37,42)/t26-,27?,28-,29-,34+/m0/s1. The Morgan fingerprint density at radius 2 is 1.21 bits per heavy atom. The summed E-state index contributed by atoms with van der Waals surface area (Å²) < 4.78 is 5.36. The summed E-state index contributed by atoms with van der Waals surface area (Å²) in [6.07, 6.45) is 0.362. The van der Waals surface area contributed by atoms with E-state index in [1.165, 1.54) is 0 Å². The quantitative estimate of drug-likeness (QED) is 0.208. The average molecular weight is 594 g/mol. The molecule has 1 aliphatic rings. The number of epoxide rings is 1. The fraction of sp³-hybridized carbons (Fsp3) is 0.529. The minimum atomic E-state index is -1.29. The van der Waals surface area contributed by atoms with Gasteiger partial charge in [-0.3, -0.25) is 19.2 Å². The van der Waals surface area contributed by atoms with E-state index in [1.807, 2.05) is 88.4 Å². The molecule has 0 aromatic heterocycles. The first-order valence-electron chi connectivity index (χ1n) is 15.2. The van der Waals surface area contributed by atoms with Crippen LogP contribution in [0, 0.1) is 11.8 Å². The summed E-state index contributed by atoms with van der Waals surface area (Å²) in [6, 6.07) is 16.1. The van der Waals surface area contributed by atoms with E-state index in [2.05, 4.69) is 16.0 Å². The molecule has 9 nitrogen and oxygen atoms in total. The van der Waals surface area contributed by atoms with E-state index in [9.17, 15) is 24.3 Å². The molecule has 9 heteroatoms.